The number of rotatable bonds is 4. The van der Waals surface area contributed by atoms with Gasteiger partial charge in [-0.3, -0.25) is 0 Å². The van der Waals surface area contributed by atoms with Gasteiger partial charge in [-0.25, -0.2) is 9.78 Å². The third kappa shape index (κ3) is 3.94. The van der Waals surface area contributed by atoms with Gasteiger partial charge in [-0.1, -0.05) is 29.3 Å². The molecular weight excluding hydrogens is 389 g/mol. The van der Waals surface area contributed by atoms with E-state index in [9.17, 15) is 4.79 Å². The first-order valence-corrected chi connectivity index (χ1v) is 9.88. The van der Waals surface area contributed by atoms with Crippen molar-refractivity contribution in [3.05, 3.63) is 51.8 Å². The van der Waals surface area contributed by atoms with E-state index in [0.29, 0.717) is 16.1 Å². The van der Waals surface area contributed by atoms with Crippen LogP contribution in [0.4, 0.5) is 0 Å². The fourth-order valence-corrected chi connectivity index (χ4v) is 5.27. The van der Waals surface area contributed by atoms with Gasteiger partial charge in [0.05, 0.1) is 22.3 Å². The molecule has 1 saturated heterocycles. The molecule has 0 bridgehead atoms. The second-order valence-corrected chi connectivity index (χ2v) is 8.36. The number of hydrogen-bond donors (Lipinski definition) is 0. The molecule has 1 aliphatic heterocycles. The fraction of sp³-hybridized carbons (Fsp3) is 0.250. The zero-order valence-electron chi connectivity index (χ0n) is 12.6. The molecule has 0 aliphatic carbocycles. The van der Waals surface area contributed by atoms with E-state index in [1.165, 1.54) is 12.3 Å². The summed E-state index contributed by atoms with van der Waals surface area (Å²) < 4.78 is 11.2. The summed E-state index contributed by atoms with van der Waals surface area (Å²) in [5.41, 5.74) is 1.37. The number of halogens is 2. The third-order valence-electron chi connectivity index (χ3n) is 3.32. The van der Waals surface area contributed by atoms with Crippen LogP contribution in [0.5, 0.6) is 11.5 Å². The van der Waals surface area contributed by atoms with Gasteiger partial charge in [0.15, 0.2) is 11.5 Å². The molecular formula is C16H13Cl2NO3S2. The Morgan fingerprint density at radius 1 is 1.21 bits per heavy atom. The number of carbonyl (C=O) groups is 1. The predicted octanol–water partition coefficient (Wildman–Crippen LogP) is 5.09. The molecule has 2 heterocycles. The summed E-state index contributed by atoms with van der Waals surface area (Å²) in [6.07, 6.45) is 1.32. The molecule has 8 heteroatoms. The van der Waals surface area contributed by atoms with Gasteiger partial charge < -0.3 is 9.47 Å². The molecule has 2 aromatic rings. The Morgan fingerprint density at radius 3 is 2.62 bits per heavy atom. The Hall–Kier alpha value is -1.08. The number of nitrogens with zero attached hydrogens (tertiary/aromatic N) is 1. The molecule has 1 aliphatic rings. The highest BCUT2D eigenvalue weighted by Gasteiger charge is 2.21. The van der Waals surface area contributed by atoms with E-state index in [2.05, 4.69) is 4.98 Å². The Morgan fingerprint density at radius 2 is 1.96 bits per heavy atom. The summed E-state index contributed by atoms with van der Waals surface area (Å²) in [5, 5.41) is 0.338. The van der Waals surface area contributed by atoms with Crippen molar-refractivity contribution >= 4 is 52.7 Å². The molecule has 0 amide bonds. The molecule has 1 aromatic carbocycles. The lowest BCUT2D eigenvalue weighted by Gasteiger charge is -2.13. The molecule has 24 heavy (non-hydrogen) atoms. The SMILES string of the molecule is COc1cc(C2SCCS2)ccc1OC(=O)c1cnc(Cl)c(Cl)c1. The third-order valence-corrected chi connectivity index (χ3v) is 7.11. The molecule has 0 saturated carbocycles. The second-order valence-electron chi connectivity index (χ2n) is 4.87. The molecule has 0 atom stereocenters. The first-order valence-electron chi connectivity index (χ1n) is 7.03. The summed E-state index contributed by atoms with van der Waals surface area (Å²) in [7, 11) is 1.55. The van der Waals surface area contributed by atoms with Crippen molar-refractivity contribution in [2.45, 2.75) is 4.58 Å². The number of hydrogen-bond acceptors (Lipinski definition) is 6. The van der Waals surface area contributed by atoms with Crippen molar-refractivity contribution in [1.29, 1.82) is 0 Å². The molecule has 1 fully saturated rings. The van der Waals surface area contributed by atoms with Gasteiger partial charge in [0.1, 0.15) is 5.15 Å². The lowest BCUT2D eigenvalue weighted by atomic mass is 10.2. The van der Waals surface area contributed by atoms with Crippen molar-refractivity contribution in [2.24, 2.45) is 0 Å². The predicted molar refractivity (Wildman–Crippen MR) is 99.9 cm³/mol. The quantitative estimate of drug-likeness (QED) is 0.403. The maximum atomic E-state index is 12.3. The van der Waals surface area contributed by atoms with Gasteiger partial charge in [0.25, 0.3) is 0 Å². The van der Waals surface area contributed by atoms with Crippen molar-refractivity contribution < 1.29 is 14.3 Å². The number of ether oxygens (including phenoxy) is 2. The topological polar surface area (TPSA) is 48.4 Å². The standard InChI is InChI=1S/C16H13Cl2NO3S2/c1-21-13-7-9(16-23-4-5-24-16)2-3-12(13)22-15(20)10-6-11(17)14(18)19-8-10/h2-3,6-8,16H,4-5H2,1H3. The summed E-state index contributed by atoms with van der Waals surface area (Å²) in [4.78, 5) is 16.1. The van der Waals surface area contributed by atoms with Crippen LogP contribution in [0.1, 0.15) is 20.5 Å². The number of pyridine rings is 1. The van der Waals surface area contributed by atoms with E-state index in [1.807, 2.05) is 35.7 Å². The number of methoxy groups -OCH3 is 1. The zero-order chi connectivity index (χ0) is 17.1. The van der Waals surface area contributed by atoms with Gasteiger partial charge in [-0.05, 0) is 23.8 Å². The summed E-state index contributed by atoms with van der Waals surface area (Å²) in [5.74, 6) is 2.57. The average molecular weight is 402 g/mol. The number of aromatic nitrogens is 1. The second kappa shape index (κ2) is 7.87. The Labute approximate surface area is 158 Å². The van der Waals surface area contributed by atoms with Gasteiger partial charge in [-0.15, -0.1) is 23.5 Å². The highest BCUT2D eigenvalue weighted by atomic mass is 35.5. The molecule has 126 valence electrons. The maximum Gasteiger partial charge on any atom is 0.345 e. The number of esters is 1. The van der Waals surface area contributed by atoms with Gasteiger partial charge in [0, 0.05) is 17.7 Å². The number of benzene rings is 1. The Bertz CT molecular complexity index is 767. The fourth-order valence-electron chi connectivity index (χ4n) is 2.16. The molecule has 0 unspecified atom stereocenters. The van der Waals surface area contributed by atoms with Crippen LogP contribution in [-0.2, 0) is 0 Å². The lowest BCUT2D eigenvalue weighted by Crippen LogP contribution is -2.10. The van der Waals surface area contributed by atoms with Crippen LogP contribution >= 0.6 is 46.7 Å². The maximum absolute atomic E-state index is 12.3. The van der Waals surface area contributed by atoms with Gasteiger partial charge >= 0.3 is 5.97 Å². The molecule has 0 spiro atoms. The van der Waals surface area contributed by atoms with Crippen LogP contribution in [0.15, 0.2) is 30.5 Å². The van der Waals surface area contributed by atoms with E-state index in [0.717, 1.165) is 17.1 Å². The van der Waals surface area contributed by atoms with E-state index in [1.54, 1.807) is 13.2 Å². The minimum atomic E-state index is -0.572. The van der Waals surface area contributed by atoms with Crippen molar-refractivity contribution in [2.75, 3.05) is 18.6 Å². The van der Waals surface area contributed by atoms with Crippen LogP contribution in [-0.4, -0.2) is 29.6 Å². The summed E-state index contributed by atoms with van der Waals surface area (Å²) >= 11 is 15.4. The molecule has 4 nitrogen and oxygen atoms in total. The summed E-state index contributed by atoms with van der Waals surface area (Å²) in [6, 6.07) is 7.03. The average Bonchev–Trinajstić information content (AvgIpc) is 3.12. The zero-order valence-corrected chi connectivity index (χ0v) is 15.8. The molecule has 3 rings (SSSR count). The van der Waals surface area contributed by atoms with Crippen LogP contribution in [0.25, 0.3) is 0 Å². The Balaban J connectivity index is 1.80. The molecule has 1 aromatic heterocycles. The van der Waals surface area contributed by atoms with Crippen LogP contribution < -0.4 is 9.47 Å². The van der Waals surface area contributed by atoms with Crippen molar-refractivity contribution in [3.8, 4) is 11.5 Å². The summed E-state index contributed by atoms with van der Waals surface area (Å²) in [6.45, 7) is 0. The molecule has 0 radical (unpaired) electrons. The van der Waals surface area contributed by atoms with Gasteiger partial charge in [0.2, 0.25) is 0 Å². The highest BCUT2D eigenvalue weighted by molar-refractivity contribution is 8.19. The Kier molecular flexibility index (Phi) is 5.81. The number of carbonyl (C=O) groups excluding carboxylic acids is 1. The first kappa shape index (κ1) is 17.7. The smallest absolute Gasteiger partial charge is 0.345 e. The minimum Gasteiger partial charge on any atom is -0.493 e. The van der Waals surface area contributed by atoms with E-state index in [4.69, 9.17) is 32.7 Å². The van der Waals surface area contributed by atoms with Crippen LogP contribution in [0.2, 0.25) is 10.2 Å². The largest absolute Gasteiger partial charge is 0.493 e. The van der Waals surface area contributed by atoms with E-state index in [-0.39, 0.29) is 15.7 Å². The van der Waals surface area contributed by atoms with Crippen LogP contribution in [0, 0.1) is 0 Å². The minimum absolute atomic E-state index is 0.140. The van der Waals surface area contributed by atoms with Crippen LogP contribution in [0.3, 0.4) is 0 Å². The lowest BCUT2D eigenvalue weighted by molar-refractivity contribution is 0.0729. The van der Waals surface area contributed by atoms with Crippen molar-refractivity contribution in [3.63, 3.8) is 0 Å². The number of thioether (sulfide) groups is 2. The van der Waals surface area contributed by atoms with Crippen molar-refractivity contribution in [1.82, 2.24) is 4.98 Å². The normalized spacial score (nSPS) is 14.6. The monoisotopic (exact) mass is 401 g/mol. The van der Waals surface area contributed by atoms with Gasteiger partial charge in [-0.2, -0.15) is 0 Å². The van der Waals surface area contributed by atoms with E-state index < -0.39 is 5.97 Å². The molecule has 0 N–H and O–H groups in total. The first-order chi connectivity index (χ1) is 11.6. The van der Waals surface area contributed by atoms with E-state index >= 15 is 0 Å². The highest BCUT2D eigenvalue weighted by Crippen LogP contribution is 2.47.